The summed E-state index contributed by atoms with van der Waals surface area (Å²) in [5, 5.41) is 11.2. The normalized spacial score (nSPS) is 12.3. The first-order valence-electron chi connectivity index (χ1n) is 6.09. The van der Waals surface area contributed by atoms with E-state index in [0.717, 1.165) is 0 Å². The van der Waals surface area contributed by atoms with E-state index in [1.54, 1.807) is 20.7 Å². The monoisotopic (exact) mass is 280 g/mol. The average Bonchev–Trinajstić information content (AvgIpc) is 2.66. The number of aromatic nitrogens is 3. The van der Waals surface area contributed by atoms with Crippen LogP contribution in [0.15, 0.2) is 34.3 Å². The maximum atomic E-state index is 12.1. The molecule has 0 radical (unpaired) electrons. The Morgan fingerprint density at radius 2 is 2.26 bits per heavy atom. The van der Waals surface area contributed by atoms with Crippen LogP contribution in [0.1, 0.15) is 26.8 Å². The highest BCUT2D eigenvalue weighted by atomic mass is 32.1. The third kappa shape index (κ3) is 2.76. The Kier molecular flexibility index (Phi) is 3.84. The van der Waals surface area contributed by atoms with Gasteiger partial charge in [-0.05, 0) is 38.4 Å². The van der Waals surface area contributed by atoms with Gasteiger partial charge in [0.25, 0.3) is 0 Å². The Balaban J connectivity index is 2.62. The van der Waals surface area contributed by atoms with Crippen LogP contribution in [0.2, 0.25) is 0 Å². The van der Waals surface area contributed by atoms with Crippen LogP contribution in [0.3, 0.4) is 0 Å². The van der Waals surface area contributed by atoms with Gasteiger partial charge in [0.15, 0.2) is 6.20 Å². The van der Waals surface area contributed by atoms with Crippen molar-refractivity contribution in [3.8, 4) is 0 Å². The summed E-state index contributed by atoms with van der Waals surface area (Å²) in [4.78, 5) is 17.1. The fourth-order valence-corrected chi connectivity index (χ4v) is 2.69. The number of hydrogen-bond donors (Lipinski definition) is 0. The molecule has 0 spiro atoms. The third-order valence-corrected chi connectivity index (χ3v) is 3.85. The van der Waals surface area contributed by atoms with Crippen molar-refractivity contribution in [2.75, 3.05) is 0 Å². The summed E-state index contributed by atoms with van der Waals surface area (Å²) in [6.07, 6.45) is 2.78. The summed E-state index contributed by atoms with van der Waals surface area (Å²) in [6, 6.07) is 3.46. The fourth-order valence-electron chi connectivity index (χ4n) is 1.67. The maximum Gasteiger partial charge on any atom is 0.340 e. The van der Waals surface area contributed by atoms with Gasteiger partial charge in [-0.2, -0.15) is 4.73 Å². The Bertz CT molecular complexity index is 696. The molecule has 7 heteroatoms. The predicted octanol–water partition coefficient (Wildman–Crippen LogP) is 1.18. The topological polar surface area (TPSA) is 66.2 Å². The van der Waals surface area contributed by atoms with Crippen molar-refractivity contribution < 1.29 is 4.73 Å². The molecule has 0 saturated carbocycles. The highest BCUT2D eigenvalue weighted by Crippen LogP contribution is 2.07. The molecule has 0 aliphatic rings. The van der Waals surface area contributed by atoms with E-state index in [1.165, 1.54) is 23.9 Å². The summed E-state index contributed by atoms with van der Waals surface area (Å²) in [5.41, 5.74) is 0.476. The molecule has 2 aromatic heterocycles. The molecule has 0 saturated heterocycles. The molecule has 0 unspecified atom stereocenters. The van der Waals surface area contributed by atoms with Gasteiger partial charge < -0.3 is 5.21 Å². The van der Waals surface area contributed by atoms with E-state index in [4.69, 9.17) is 0 Å². The molecule has 0 aromatic carbocycles. The zero-order valence-corrected chi connectivity index (χ0v) is 11.9. The predicted molar refractivity (Wildman–Crippen MR) is 73.3 cm³/mol. The van der Waals surface area contributed by atoms with E-state index in [-0.39, 0.29) is 11.7 Å². The molecular formula is C12H16N4O2S. The molecular weight excluding hydrogens is 264 g/mol. The Morgan fingerprint density at radius 3 is 2.84 bits per heavy atom. The van der Waals surface area contributed by atoms with Gasteiger partial charge in [-0.3, -0.25) is 4.57 Å². The van der Waals surface area contributed by atoms with Crippen LogP contribution in [0, 0.1) is 5.21 Å². The van der Waals surface area contributed by atoms with Crippen LogP contribution in [0.4, 0.5) is 5.69 Å². The van der Waals surface area contributed by atoms with Crippen molar-refractivity contribution >= 4 is 17.2 Å². The van der Waals surface area contributed by atoms with Crippen LogP contribution in [0.25, 0.3) is 0 Å². The summed E-state index contributed by atoms with van der Waals surface area (Å²) in [7, 11) is 0. The number of hydrogen-bond acceptors (Lipinski definition) is 4. The molecule has 0 bridgehead atoms. The zero-order chi connectivity index (χ0) is 14.0. The smallest absolute Gasteiger partial charge is 0.340 e. The second-order valence-corrected chi connectivity index (χ2v) is 5.30. The molecule has 2 heterocycles. The second kappa shape index (κ2) is 5.40. The van der Waals surface area contributed by atoms with Crippen LogP contribution in [-0.4, -0.2) is 8.52 Å². The lowest BCUT2D eigenvalue weighted by Crippen LogP contribution is -2.29. The lowest BCUT2D eigenvalue weighted by Gasteiger charge is -2.01. The van der Waals surface area contributed by atoms with Gasteiger partial charge in [-0.15, -0.1) is 0 Å². The highest BCUT2D eigenvalue weighted by molar-refractivity contribution is 7.03. The van der Waals surface area contributed by atoms with Gasteiger partial charge in [0, 0.05) is 18.7 Å². The lowest BCUT2D eigenvalue weighted by molar-refractivity contribution is -0.604. The van der Waals surface area contributed by atoms with Crippen LogP contribution < -0.4 is 15.2 Å². The van der Waals surface area contributed by atoms with E-state index < -0.39 is 0 Å². The van der Waals surface area contributed by atoms with Crippen molar-refractivity contribution in [1.29, 1.82) is 0 Å². The summed E-state index contributed by atoms with van der Waals surface area (Å²) >= 11 is 1.31. The number of pyridine rings is 1. The zero-order valence-electron chi connectivity index (χ0n) is 11.1. The molecule has 0 aliphatic heterocycles. The highest BCUT2D eigenvalue weighted by Gasteiger charge is 2.10. The SMILES string of the molecule is CCn1c(=Nc2ccc[n+]([O-])c2)sn(C(C)C)c1=O. The number of rotatable bonds is 3. The van der Waals surface area contributed by atoms with E-state index in [9.17, 15) is 10.0 Å². The standard InChI is InChI=1S/C12H16N4O2S/c1-4-15-11(19-16(9(2)3)12(15)17)13-10-6-5-7-14(18)8-10/h5-9H,4H2,1-3H3. The minimum Gasteiger partial charge on any atom is -0.619 e. The average molecular weight is 280 g/mol. The Labute approximate surface area is 114 Å². The minimum absolute atomic E-state index is 0.0628. The van der Waals surface area contributed by atoms with Crippen LogP contribution in [-0.2, 0) is 6.54 Å². The van der Waals surface area contributed by atoms with Gasteiger partial charge in [0.2, 0.25) is 11.0 Å². The minimum atomic E-state index is -0.0628. The molecule has 0 aliphatic carbocycles. The van der Waals surface area contributed by atoms with Gasteiger partial charge in [-0.25, -0.2) is 13.7 Å². The maximum absolute atomic E-state index is 12.1. The van der Waals surface area contributed by atoms with Crippen molar-refractivity contribution in [2.45, 2.75) is 33.4 Å². The van der Waals surface area contributed by atoms with Crippen molar-refractivity contribution in [1.82, 2.24) is 8.52 Å². The van der Waals surface area contributed by atoms with E-state index >= 15 is 0 Å². The number of nitrogens with zero attached hydrogens (tertiary/aromatic N) is 4. The summed E-state index contributed by atoms with van der Waals surface area (Å²) in [6.45, 7) is 6.36. The van der Waals surface area contributed by atoms with Gasteiger partial charge in [0.05, 0.1) is 0 Å². The van der Waals surface area contributed by atoms with Crippen molar-refractivity contribution in [3.05, 3.63) is 45.0 Å². The van der Waals surface area contributed by atoms with Gasteiger partial charge in [0.1, 0.15) is 5.69 Å². The van der Waals surface area contributed by atoms with Crippen LogP contribution >= 0.6 is 11.5 Å². The first kappa shape index (κ1) is 13.5. The molecule has 0 atom stereocenters. The van der Waals surface area contributed by atoms with E-state index in [0.29, 0.717) is 21.8 Å². The second-order valence-electron chi connectivity index (χ2n) is 4.35. The molecule has 6 nitrogen and oxygen atoms in total. The van der Waals surface area contributed by atoms with Crippen molar-refractivity contribution in [2.24, 2.45) is 4.99 Å². The van der Waals surface area contributed by atoms with E-state index in [2.05, 4.69) is 4.99 Å². The molecule has 19 heavy (non-hydrogen) atoms. The van der Waals surface area contributed by atoms with Gasteiger partial charge in [-0.1, -0.05) is 0 Å². The lowest BCUT2D eigenvalue weighted by atomic mass is 10.4. The van der Waals surface area contributed by atoms with E-state index in [1.807, 2.05) is 20.8 Å². The molecule has 2 aromatic rings. The molecule has 0 fully saturated rings. The quantitative estimate of drug-likeness (QED) is 0.626. The molecule has 0 N–H and O–H groups in total. The van der Waals surface area contributed by atoms with Gasteiger partial charge >= 0.3 is 5.69 Å². The first-order valence-corrected chi connectivity index (χ1v) is 6.86. The molecule has 102 valence electrons. The van der Waals surface area contributed by atoms with Crippen LogP contribution in [0.5, 0.6) is 0 Å². The summed E-state index contributed by atoms with van der Waals surface area (Å²) < 4.78 is 3.97. The Hall–Kier alpha value is -1.89. The molecule has 0 amide bonds. The Morgan fingerprint density at radius 1 is 1.53 bits per heavy atom. The summed E-state index contributed by atoms with van der Waals surface area (Å²) in [5.74, 6) is 0. The van der Waals surface area contributed by atoms with Crippen molar-refractivity contribution in [3.63, 3.8) is 0 Å². The molecule has 2 rings (SSSR count). The first-order chi connectivity index (χ1) is 9.02. The fraction of sp³-hybridized carbons (Fsp3) is 0.417. The third-order valence-electron chi connectivity index (χ3n) is 2.60. The largest absolute Gasteiger partial charge is 0.619 e.